The van der Waals surface area contributed by atoms with Crippen molar-refractivity contribution in [3.63, 3.8) is 0 Å². The zero-order chi connectivity index (χ0) is 12.0. The van der Waals surface area contributed by atoms with Crippen molar-refractivity contribution >= 4 is 11.6 Å². The van der Waals surface area contributed by atoms with E-state index in [1.165, 1.54) is 0 Å². The predicted molar refractivity (Wildman–Crippen MR) is 69.1 cm³/mol. The number of ether oxygens (including phenoxy) is 1. The van der Waals surface area contributed by atoms with Crippen molar-refractivity contribution in [1.29, 1.82) is 0 Å². The first kappa shape index (κ1) is 13.1. The molecule has 2 nitrogen and oxygen atoms in total. The molecule has 0 aliphatic heterocycles. The molecule has 0 aliphatic carbocycles. The molecule has 0 spiro atoms. The summed E-state index contributed by atoms with van der Waals surface area (Å²) in [6.07, 6.45) is 3.40. The highest BCUT2D eigenvalue weighted by Crippen LogP contribution is 2.29. The normalized spacial score (nSPS) is 12.2. The van der Waals surface area contributed by atoms with Gasteiger partial charge in [0.2, 0.25) is 0 Å². The number of nitrogens with two attached hydrogens (primary N) is 1. The average Bonchev–Trinajstić information content (AvgIpc) is 2.21. The summed E-state index contributed by atoms with van der Waals surface area (Å²) in [4.78, 5) is 0. The summed E-state index contributed by atoms with van der Waals surface area (Å²) >= 11 is 6.10. The first-order valence-electron chi connectivity index (χ1n) is 5.41. The maximum atomic E-state index is 6.10. The second kappa shape index (κ2) is 6.56. The minimum Gasteiger partial charge on any atom is -0.491 e. The summed E-state index contributed by atoms with van der Waals surface area (Å²) in [5.41, 5.74) is 6.85. The molecule has 0 fully saturated rings. The van der Waals surface area contributed by atoms with E-state index in [0.29, 0.717) is 11.6 Å². The van der Waals surface area contributed by atoms with Gasteiger partial charge in [0.15, 0.2) is 0 Å². The van der Waals surface area contributed by atoms with Crippen LogP contribution in [0, 0.1) is 0 Å². The molecule has 2 N–H and O–H groups in total. The Labute approximate surface area is 102 Å². The molecule has 16 heavy (non-hydrogen) atoms. The number of benzene rings is 1. The second-order valence-electron chi connectivity index (χ2n) is 3.84. The standard InChI is InChI=1S/C13H18ClNO/c1-3-4-8-16-13-11(9-10(2)15)6-5-7-12(13)14/h3,5-7,10H,1,4,8-9,15H2,2H3. The molecule has 1 aromatic carbocycles. The van der Waals surface area contributed by atoms with E-state index in [9.17, 15) is 0 Å². The van der Waals surface area contributed by atoms with Crippen LogP contribution in [-0.4, -0.2) is 12.6 Å². The van der Waals surface area contributed by atoms with Crippen LogP contribution in [0.15, 0.2) is 30.9 Å². The fourth-order valence-electron chi connectivity index (χ4n) is 1.47. The summed E-state index contributed by atoms with van der Waals surface area (Å²) < 4.78 is 5.65. The number of para-hydroxylation sites is 1. The van der Waals surface area contributed by atoms with Crippen molar-refractivity contribution in [1.82, 2.24) is 0 Å². The Morgan fingerprint density at radius 2 is 2.31 bits per heavy atom. The summed E-state index contributed by atoms with van der Waals surface area (Å²) in [7, 11) is 0. The lowest BCUT2D eigenvalue weighted by Crippen LogP contribution is -2.18. The van der Waals surface area contributed by atoms with E-state index < -0.39 is 0 Å². The van der Waals surface area contributed by atoms with Gasteiger partial charge < -0.3 is 10.5 Å². The van der Waals surface area contributed by atoms with E-state index in [-0.39, 0.29) is 6.04 Å². The summed E-state index contributed by atoms with van der Waals surface area (Å²) in [5.74, 6) is 0.753. The quantitative estimate of drug-likeness (QED) is 0.611. The van der Waals surface area contributed by atoms with Crippen LogP contribution in [0.1, 0.15) is 18.9 Å². The van der Waals surface area contributed by atoms with E-state index in [0.717, 1.165) is 24.2 Å². The van der Waals surface area contributed by atoms with E-state index in [1.807, 2.05) is 31.2 Å². The Balaban J connectivity index is 2.81. The lowest BCUT2D eigenvalue weighted by Gasteiger charge is -2.14. The highest BCUT2D eigenvalue weighted by atomic mass is 35.5. The monoisotopic (exact) mass is 239 g/mol. The molecule has 1 aromatic rings. The second-order valence-corrected chi connectivity index (χ2v) is 4.24. The SMILES string of the molecule is C=CCCOc1c(Cl)cccc1CC(C)N. The highest BCUT2D eigenvalue weighted by Gasteiger charge is 2.09. The zero-order valence-corrected chi connectivity index (χ0v) is 10.3. The number of halogens is 1. The van der Waals surface area contributed by atoms with Crippen LogP contribution in [0.25, 0.3) is 0 Å². The first-order valence-corrected chi connectivity index (χ1v) is 5.79. The van der Waals surface area contributed by atoms with Crippen LogP contribution in [0.3, 0.4) is 0 Å². The van der Waals surface area contributed by atoms with Crippen molar-refractivity contribution in [3.05, 3.63) is 41.4 Å². The fourth-order valence-corrected chi connectivity index (χ4v) is 1.72. The maximum absolute atomic E-state index is 6.10. The smallest absolute Gasteiger partial charge is 0.141 e. The van der Waals surface area contributed by atoms with Gasteiger partial charge in [-0.05, 0) is 31.4 Å². The van der Waals surface area contributed by atoms with Gasteiger partial charge >= 0.3 is 0 Å². The van der Waals surface area contributed by atoms with Crippen LogP contribution in [0.2, 0.25) is 5.02 Å². The van der Waals surface area contributed by atoms with E-state index in [4.69, 9.17) is 22.1 Å². The lowest BCUT2D eigenvalue weighted by atomic mass is 10.1. The van der Waals surface area contributed by atoms with Gasteiger partial charge in [-0.1, -0.05) is 29.8 Å². The molecular weight excluding hydrogens is 222 g/mol. The summed E-state index contributed by atoms with van der Waals surface area (Å²) in [6, 6.07) is 5.84. The molecule has 1 rings (SSSR count). The van der Waals surface area contributed by atoms with E-state index in [2.05, 4.69) is 6.58 Å². The minimum absolute atomic E-state index is 0.0974. The maximum Gasteiger partial charge on any atom is 0.141 e. The fraction of sp³-hybridized carbons (Fsp3) is 0.385. The number of hydrogen-bond donors (Lipinski definition) is 1. The van der Waals surface area contributed by atoms with Crippen molar-refractivity contribution in [2.45, 2.75) is 25.8 Å². The molecule has 3 heteroatoms. The third-order valence-electron chi connectivity index (χ3n) is 2.16. The molecule has 1 unspecified atom stereocenters. The Morgan fingerprint density at radius 1 is 1.56 bits per heavy atom. The Bertz CT molecular complexity index is 350. The Morgan fingerprint density at radius 3 is 2.94 bits per heavy atom. The molecular formula is C13H18ClNO. The van der Waals surface area contributed by atoms with Crippen molar-refractivity contribution < 1.29 is 4.74 Å². The van der Waals surface area contributed by atoms with Gasteiger partial charge in [0.25, 0.3) is 0 Å². The molecule has 0 saturated heterocycles. The third-order valence-corrected chi connectivity index (χ3v) is 2.46. The molecule has 0 amide bonds. The van der Waals surface area contributed by atoms with Crippen LogP contribution in [0.5, 0.6) is 5.75 Å². The summed E-state index contributed by atoms with van der Waals surface area (Å²) in [5, 5.41) is 0.641. The molecule has 0 saturated carbocycles. The highest BCUT2D eigenvalue weighted by molar-refractivity contribution is 6.32. The molecule has 0 heterocycles. The summed E-state index contributed by atoms with van der Waals surface area (Å²) in [6.45, 7) is 6.22. The Kier molecular flexibility index (Phi) is 5.36. The van der Waals surface area contributed by atoms with E-state index in [1.54, 1.807) is 0 Å². The molecule has 88 valence electrons. The number of rotatable bonds is 6. The molecule has 0 aromatic heterocycles. The van der Waals surface area contributed by atoms with E-state index >= 15 is 0 Å². The van der Waals surface area contributed by atoms with Crippen molar-refractivity contribution in [3.8, 4) is 5.75 Å². The first-order chi connectivity index (χ1) is 7.65. The topological polar surface area (TPSA) is 35.2 Å². The van der Waals surface area contributed by atoms with Gasteiger partial charge in [0, 0.05) is 6.04 Å². The lowest BCUT2D eigenvalue weighted by molar-refractivity contribution is 0.321. The molecule has 0 bridgehead atoms. The molecule has 0 aliphatic rings. The minimum atomic E-state index is 0.0974. The van der Waals surface area contributed by atoms with Gasteiger partial charge in [-0.25, -0.2) is 0 Å². The van der Waals surface area contributed by atoms with Crippen molar-refractivity contribution in [2.75, 3.05) is 6.61 Å². The van der Waals surface area contributed by atoms with Crippen LogP contribution in [-0.2, 0) is 6.42 Å². The third kappa shape index (κ3) is 3.87. The predicted octanol–water partition coefficient (Wildman–Crippen LogP) is 3.18. The number of hydrogen-bond acceptors (Lipinski definition) is 2. The van der Waals surface area contributed by atoms with Gasteiger partial charge in [0.1, 0.15) is 5.75 Å². The zero-order valence-electron chi connectivity index (χ0n) is 9.58. The van der Waals surface area contributed by atoms with Gasteiger partial charge in [0.05, 0.1) is 11.6 Å². The van der Waals surface area contributed by atoms with Crippen LogP contribution >= 0.6 is 11.6 Å². The van der Waals surface area contributed by atoms with Gasteiger partial charge in [-0.3, -0.25) is 0 Å². The van der Waals surface area contributed by atoms with Crippen molar-refractivity contribution in [2.24, 2.45) is 5.73 Å². The largest absolute Gasteiger partial charge is 0.491 e. The molecule has 1 atom stereocenters. The average molecular weight is 240 g/mol. The van der Waals surface area contributed by atoms with Crippen LogP contribution in [0.4, 0.5) is 0 Å². The van der Waals surface area contributed by atoms with Crippen LogP contribution < -0.4 is 10.5 Å². The molecule has 0 radical (unpaired) electrons. The Hall–Kier alpha value is -0.990. The van der Waals surface area contributed by atoms with Gasteiger partial charge in [-0.15, -0.1) is 6.58 Å². The van der Waals surface area contributed by atoms with Gasteiger partial charge in [-0.2, -0.15) is 0 Å².